The van der Waals surface area contributed by atoms with Gasteiger partial charge in [0.2, 0.25) is 5.91 Å². The molecule has 0 radical (unpaired) electrons. The lowest BCUT2D eigenvalue weighted by Crippen LogP contribution is -2.46. The molecule has 1 aliphatic heterocycles. The van der Waals surface area contributed by atoms with Gasteiger partial charge < -0.3 is 20.2 Å². The minimum absolute atomic E-state index is 0.105. The molecule has 0 unspecified atom stereocenters. The Bertz CT molecular complexity index is 815. The largest absolute Gasteiger partial charge is 0.478 e. The van der Waals surface area contributed by atoms with Crippen LogP contribution in [0.4, 0.5) is 17.2 Å². The Morgan fingerprint density at radius 2 is 1.78 bits per heavy atom. The summed E-state index contributed by atoms with van der Waals surface area (Å²) in [5, 5.41) is 12.2. The molecule has 2 aromatic rings. The number of piperazine rings is 1. The van der Waals surface area contributed by atoms with Crippen molar-refractivity contribution < 1.29 is 14.7 Å². The highest BCUT2D eigenvalue weighted by molar-refractivity contribution is 6.01. The van der Waals surface area contributed by atoms with Gasteiger partial charge in [0.15, 0.2) is 0 Å². The number of hydrogen-bond donors (Lipinski definition) is 2. The summed E-state index contributed by atoms with van der Waals surface area (Å²) in [7, 11) is 0. The van der Waals surface area contributed by atoms with Gasteiger partial charge in [-0.2, -0.15) is 0 Å². The number of hydrogen-bond acceptors (Lipinski definition) is 5. The first kappa shape index (κ1) is 18.7. The second kappa shape index (κ2) is 8.07. The van der Waals surface area contributed by atoms with E-state index < -0.39 is 5.97 Å². The summed E-state index contributed by atoms with van der Waals surface area (Å²) in [6, 6.07) is 11.0. The van der Waals surface area contributed by atoms with E-state index in [9.17, 15) is 14.7 Å². The molecule has 0 bridgehead atoms. The normalized spacial score (nSPS) is 14.3. The Kier molecular flexibility index (Phi) is 5.59. The number of amides is 1. The van der Waals surface area contributed by atoms with Crippen molar-refractivity contribution >= 4 is 29.1 Å². The number of carboxylic acid groups (broad SMARTS) is 1. The van der Waals surface area contributed by atoms with E-state index >= 15 is 0 Å². The van der Waals surface area contributed by atoms with E-state index in [0.717, 1.165) is 37.7 Å². The summed E-state index contributed by atoms with van der Waals surface area (Å²) >= 11 is 0. The third-order valence-electron chi connectivity index (χ3n) is 4.63. The van der Waals surface area contributed by atoms with Crippen molar-refractivity contribution in [2.24, 2.45) is 5.92 Å². The highest BCUT2D eigenvalue weighted by Crippen LogP contribution is 2.25. The maximum Gasteiger partial charge on any atom is 0.337 e. The van der Waals surface area contributed by atoms with Gasteiger partial charge in [-0.05, 0) is 30.3 Å². The molecular weight excluding hydrogens is 344 g/mol. The molecule has 0 atom stereocenters. The number of carbonyl (C=O) groups excluding carboxylic acids is 1. The molecule has 0 aliphatic carbocycles. The van der Waals surface area contributed by atoms with E-state index in [4.69, 9.17) is 0 Å². The van der Waals surface area contributed by atoms with Crippen LogP contribution in [-0.2, 0) is 4.79 Å². The molecule has 142 valence electrons. The zero-order valence-corrected chi connectivity index (χ0v) is 15.6. The van der Waals surface area contributed by atoms with E-state index in [1.807, 2.05) is 24.3 Å². The second-order valence-electron chi connectivity index (χ2n) is 6.84. The summed E-state index contributed by atoms with van der Waals surface area (Å²) in [5.41, 5.74) is 1.28. The summed E-state index contributed by atoms with van der Waals surface area (Å²) in [5.74, 6) is -0.515. The molecule has 1 saturated heterocycles. The van der Waals surface area contributed by atoms with Crippen LogP contribution in [0.25, 0.3) is 0 Å². The van der Waals surface area contributed by atoms with Crippen molar-refractivity contribution in [1.82, 2.24) is 4.98 Å². The molecule has 27 heavy (non-hydrogen) atoms. The van der Waals surface area contributed by atoms with Crippen molar-refractivity contribution in [3.05, 3.63) is 48.2 Å². The van der Waals surface area contributed by atoms with E-state index in [-0.39, 0.29) is 17.4 Å². The van der Waals surface area contributed by atoms with Crippen molar-refractivity contribution in [2.45, 2.75) is 13.8 Å². The number of carboxylic acids is 1. The SMILES string of the molecule is CC(C)C(=O)Nc1ccc(N2CCN(c3ccccn3)CC2)cc1C(=O)O. The van der Waals surface area contributed by atoms with Crippen LogP contribution < -0.4 is 15.1 Å². The summed E-state index contributed by atoms with van der Waals surface area (Å²) < 4.78 is 0. The molecule has 3 rings (SSSR count). The number of benzene rings is 1. The van der Waals surface area contributed by atoms with Gasteiger partial charge in [-0.25, -0.2) is 9.78 Å². The van der Waals surface area contributed by atoms with Crippen molar-refractivity contribution in [3.63, 3.8) is 0 Å². The molecule has 2 heterocycles. The third-order valence-corrected chi connectivity index (χ3v) is 4.63. The molecule has 1 aromatic heterocycles. The third kappa shape index (κ3) is 4.36. The topological polar surface area (TPSA) is 85.8 Å². The number of nitrogens with one attached hydrogen (secondary N) is 1. The summed E-state index contributed by atoms with van der Waals surface area (Å²) in [4.78, 5) is 32.3. The minimum Gasteiger partial charge on any atom is -0.478 e. The van der Waals surface area contributed by atoms with Gasteiger partial charge >= 0.3 is 5.97 Å². The Hall–Kier alpha value is -3.09. The zero-order chi connectivity index (χ0) is 19.4. The number of rotatable bonds is 5. The van der Waals surface area contributed by atoms with Crippen LogP contribution in [0.15, 0.2) is 42.6 Å². The number of nitrogens with zero attached hydrogens (tertiary/aromatic N) is 3. The first-order chi connectivity index (χ1) is 13.0. The lowest BCUT2D eigenvalue weighted by atomic mass is 10.1. The molecule has 0 saturated carbocycles. The van der Waals surface area contributed by atoms with Crippen LogP contribution >= 0.6 is 0 Å². The first-order valence-electron chi connectivity index (χ1n) is 9.05. The Morgan fingerprint density at radius 1 is 1.07 bits per heavy atom. The lowest BCUT2D eigenvalue weighted by Gasteiger charge is -2.37. The summed E-state index contributed by atoms with van der Waals surface area (Å²) in [6.07, 6.45) is 1.78. The molecule has 7 nitrogen and oxygen atoms in total. The standard InChI is InChI=1S/C20H24N4O3/c1-14(2)19(25)22-17-7-6-15(13-16(17)20(26)27)23-9-11-24(12-10-23)18-5-3-4-8-21-18/h3-8,13-14H,9-12H2,1-2H3,(H,22,25)(H,26,27). The van der Waals surface area contributed by atoms with Crippen molar-refractivity contribution in [3.8, 4) is 0 Å². The van der Waals surface area contributed by atoms with Gasteiger partial charge in [-0.3, -0.25) is 4.79 Å². The van der Waals surface area contributed by atoms with Crippen LogP contribution in [0.2, 0.25) is 0 Å². The number of carbonyl (C=O) groups is 2. The lowest BCUT2D eigenvalue weighted by molar-refractivity contribution is -0.118. The molecule has 7 heteroatoms. The maximum absolute atomic E-state index is 11.9. The van der Waals surface area contributed by atoms with Gasteiger partial charge in [-0.15, -0.1) is 0 Å². The van der Waals surface area contributed by atoms with Crippen LogP contribution in [-0.4, -0.2) is 48.1 Å². The fraction of sp³-hybridized carbons (Fsp3) is 0.350. The van der Waals surface area contributed by atoms with Crippen molar-refractivity contribution in [1.29, 1.82) is 0 Å². The van der Waals surface area contributed by atoms with Crippen LogP contribution in [0.3, 0.4) is 0 Å². The average Bonchev–Trinajstić information content (AvgIpc) is 2.69. The average molecular weight is 368 g/mol. The number of aromatic carboxylic acids is 1. The fourth-order valence-electron chi connectivity index (χ4n) is 3.03. The molecule has 1 fully saturated rings. The van der Waals surface area contributed by atoms with Gasteiger partial charge in [0.25, 0.3) is 0 Å². The monoisotopic (exact) mass is 368 g/mol. The highest BCUT2D eigenvalue weighted by Gasteiger charge is 2.21. The Labute approximate surface area is 158 Å². The summed E-state index contributed by atoms with van der Waals surface area (Å²) in [6.45, 7) is 6.70. The van der Waals surface area contributed by atoms with E-state index in [0.29, 0.717) is 5.69 Å². The van der Waals surface area contributed by atoms with Crippen LogP contribution in [0.1, 0.15) is 24.2 Å². The predicted octanol–water partition coefficient (Wildman–Crippen LogP) is 2.70. The van der Waals surface area contributed by atoms with Gasteiger partial charge in [0, 0.05) is 44.0 Å². The Morgan fingerprint density at radius 3 is 2.37 bits per heavy atom. The second-order valence-corrected chi connectivity index (χ2v) is 6.84. The van der Waals surface area contributed by atoms with Gasteiger partial charge in [-0.1, -0.05) is 19.9 Å². The van der Waals surface area contributed by atoms with Gasteiger partial charge in [0.05, 0.1) is 11.3 Å². The van der Waals surface area contributed by atoms with Crippen LogP contribution in [0, 0.1) is 5.92 Å². The molecule has 2 N–H and O–H groups in total. The van der Waals surface area contributed by atoms with Crippen LogP contribution in [0.5, 0.6) is 0 Å². The smallest absolute Gasteiger partial charge is 0.337 e. The molecular formula is C20H24N4O3. The zero-order valence-electron chi connectivity index (χ0n) is 15.6. The highest BCUT2D eigenvalue weighted by atomic mass is 16.4. The molecule has 0 spiro atoms. The molecule has 1 aliphatic rings. The number of pyridine rings is 1. The predicted molar refractivity (Wildman–Crippen MR) is 106 cm³/mol. The molecule has 1 aromatic carbocycles. The quantitative estimate of drug-likeness (QED) is 0.844. The van der Waals surface area contributed by atoms with E-state index in [2.05, 4.69) is 20.1 Å². The molecule has 1 amide bonds. The van der Waals surface area contributed by atoms with E-state index in [1.54, 1.807) is 32.2 Å². The number of aromatic nitrogens is 1. The first-order valence-corrected chi connectivity index (χ1v) is 9.05. The number of anilines is 3. The van der Waals surface area contributed by atoms with Crippen molar-refractivity contribution in [2.75, 3.05) is 41.3 Å². The Balaban J connectivity index is 1.73. The van der Waals surface area contributed by atoms with E-state index in [1.165, 1.54) is 0 Å². The minimum atomic E-state index is -1.05. The van der Waals surface area contributed by atoms with Gasteiger partial charge in [0.1, 0.15) is 5.82 Å². The maximum atomic E-state index is 11.9. The fourth-order valence-corrected chi connectivity index (χ4v) is 3.03.